The first-order valence-electron chi connectivity index (χ1n) is 8.92. The lowest BCUT2D eigenvalue weighted by Gasteiger charge is -2.30. The van der Waals surface area contributed by atoms with Crippen LogP contribution in [0.25, 0.3) is 0 Å². The van der Waals surface area contributed by atoms with Crippen molar-refractivity contribution in [3.05, 3.63) is 29.8 Å². The number of rotatable bonds is 8. The molecule has 2 rings (SSSR count). The molecule has 0 spiro atoms. The summed E-state index contributed by atoms with van der Waals surface area (Å²) in [7, 11) is -5.28. The Balaban J connectivity index is 1.97. The van der Waals surface area contributed by atoms with E-state index in [9.17, 15) is 21.6 Å². The Labute approximate surface area is 161 Å². The van der Waals surface area contributed by atoms with E-state index in [1.54, 1.807) is 7.05 Å². The topological polar surface area (TPSA) is 113 Å². The van der Waals surface area contributed by atoms with Crippen molar-refractivity contribution >= 4 is 26.0 Å². The van der Waals surface area contributed by atoms with Gasteiger partial charge in [-0.1, -0.05) is 19.3 Å². The normalized spacial score (nSPS) is 16.4. The predicted molar refractivity (Wildman–Crippen MR) is 103 cm³/mol. The van der Waals surface area contributed by atoms with E-state index < -0.39 is 26.0 Å². The summed E-state index contributed by atoms with van der Waals surface area (Å²) >= 11 is 0. The van der Waals surface area contributed by atoms with Crippen molar-refractivity contribution in [1.82, 2.24) is 14.3 Å². The molecule has 0 aromatic heterocycles. The van der Waals surface area contributed by atoms with Crippen molar-refractivity contribution in [2.75, 3.05) is 26.4 Å². The zero-order chi connectivity index (χ0) is 20.1. The Hall–Kier alpha value is -1.49. The maximum absolute atomic E-state index is 12.8. The number of nitrogens with zero attached hydrogens (tertiary/aromatic N) is 1. The highest BCUT2D eigenvalue weighted by Gasteiger charge is 2.29. The second kappa shape index (κ2) is 9.13. The van der Waals surface area contributed by atoms with Gasteiger partial charge in [-0.05, 0) is 37.1 Å². The summed E-state index contributed by atoms with van der Waals surface area (Å²) in [6.45, 7) is 0.222. The van der Waals surface area contributed by atoms with Gasteiger partial charge in [0.1, 0.15) is 0 Å². The molecule has 152 valence electrons. The zero-order valence-electron chi connectivity index (χ0n) is 15.6. The molecule has 0 saturated heterocycles. The molecule has 1 aromatic carbocycles. The van der Waals surface area contributed by atoms with E-state index in [0.717, 1.165) is 38.4 Å². The van der Waals surface area contributed by atoms with E-state index in [-0.39, 0.29) is 24.0 Å². The summed E-state index contributed by atoms with van der Waals surface area (Å²) in [5, 5.41) is 2.58. The van der Waals surface area contributed by atoms with Crippen LogP contribution in [0, 0.1) is 0 Å². The fourth-order valence-electron chi connectivity index (χ4n) is 3.10. The highest BCUT2D eigenvalue weighted by Crippen LogP contribution is 2.26. The number of hydrogen-bond donors (Lipinski definition) is 2. The lowest BCUT2D eigenvalue weighted by molar-refractivity contribution is 0.0954. The number of amides is 1. The van der Waals surface area contributed by atoms with E-state index in [1.165, 1.54) is 28.6 Å². The largest absolute Gasteiger partial charge is 0.351 e. The van der Waals surface area contributed by atoms with E-state index in [4.69, 9.17) is 0 Å². The second-order valence-electron chi connectivity index (χ2n) is 6.76. The van der Waals surface area contributed by atoms with Gasteiger partial charge >= 0.3 is 0 Å². The smallest absolute Gasteiger partial charge is 0.251 e. The highest BCUT2D eigenvalue weighted by atomic mass is 32.2. The Bertz CT molecular complexity index is 845. The molecule has 0 unspecified atom stereocenters. The van der Waals surface area contributed by atoms with Crippen LogP contribution in [0.3, 0.4) is 0 Å². The van der Waals surface area contributed by atoms with E-state index in [1.807, 2.05) is 0 Å². The molecule has 0 atom stereocenters. The van der Waals surface area contributed by atoms with Gasteiger partial charge in [-0.15, -0.1) is 0 Å². The molecule has 1 amide bonds. The van der Waals surface area contributed by atoms with Crippen LogP contribution in [-0.4, -0.2) is 59.5 Å². The number of carbonyl (C=O) groups excluding carboxylic acids is 1. The summed E-state index contributed by atoms with van der Waals surface area (Å²) in [5.74, 6) is -0.394. The van der Waals surface area contributed by atoms with Gasteiger partial charge in [0.15, 0.2) is 0 Å². The predicted octanol–water partition coefficient (Wildman–Crippen LogP) is 0.919. The third kappa shape index (κ3) is 6.27. The van der Waals surface area contributed by atoms with E-state index in [0.29, 0.717) is 5.56 Å². The second-order valence-corrected chi connectivity index (χ2v) is 10.6. The van der Waals surface area contributed by atoms with E-state index in [2.05, 4.69) is 10.0 Å². The lowest BCUT2D eigenvalue weighted by atomic mass is 9.96. The minimum Gasteiger partial charge on any atom is -0.351 e. The van der Waals surface area contributed by atoms with Gasteiger partial charge in [0.2, 0.25) is 20.0 Å². The number of sulfonamides is 2. The van der Waals surface area contributed by atoms with Crippen LogP contribution < -0.4 is 10.0 Å². The summed E-state index contributed by atoms with van der Waals surface area (Å²) in [6, 6.07) is 5.80. The Morgan fingerprint density at radius 1 is 1.04 bits per heavy atom. The van der Waals surface area contributed by atoms with Crippen LogP contribution in [0.4, 0.5) is 0 Å². The third-order valence-corrected chi connectivity index (χ3v) is 7.31. The molecule has 1 aromatic rings. The number of carbonyl (C=O) groups is 1. The van der Waals surface area contributed by atoms with Crippen LogP contribution in [0.1, 0.15) is 42.5 Å². The molecular weight excluding hydrogens is 390 g/mol. The third-order valence-electron chi connectivity index (χ3n) is 4.66. The molecule has 1 saturated carbocycles. The van der Waals surface area contributed by atoms with E-state index >= 15 is 0 Å². The van der Waals surface area contributed by atoms with Gasteiger partial charge in [-0.2, -0.15) is 4.31 Å². The summed E-state index contributed by atoms with van der Waals surface area (Å²) < 4.78 is 51.2. The van der Waals surface area contributed by atoms with Gasteiger partial charge in [-0.3, -0.25) is 4.79 Å². The van der Waals surface area contributed by atoms with Crippen molar-refractivity contribution < 1.29 is 21.6 Å². The molecule has 0 heterocycles. The molecule has 27 heavy (non-hydrogen) atoms. The van der Waals surface area contributed by atoms with Crippen LogP contribution in [0.5, 0.6) is 0 Å². The Morgan fingerprint density at radius 3 is 2.19 bits per heavy atom. The van der Waals surface area contributed by atoms with Crippen molar-refractivity contribution in [2.24, 2.45) is 0 Å². The molecule has 1 aliphatic carbocycles. The molecule has 10 heteroatoms. The molecule has 8 nitrogen and oxygen atoms in total. The average molecular weight is 418 g/mol. The number of nitrogens with one attached hydrogen (secondary N) is 2. The monoisotopic (exact) mass is 417 g/mol. The maximum atomic E-state index is 12.8. The number of benzene rings is 1. The van der Waals surface area contributed by atoms with Gasteiger partial charge in [0.05, 0.1) is 11.2 Å². The summed E-state index contributed by atoms with van der Waals surface area (Å²) in [4.78, 5) is 12.2. The fourth-order valence-corrected chi connectivity index (χ4v) is 4.99. The van der Waals surface area contributed by atoms with Gasteiger partial charge < -0.3 is 5.32 Å². The van der Waals surface area contributed by atoms with Crippen molar-refractivity contribution in [3.8, 4) is 0 Å². The fraction of sp³-hybridized carbons (Fsp3) is 0.588. The van der Waals surface area contributed by atoms with Crippen LogP contribution >= 0.6 is 0 Å². The summed E-state index contributed by atoms with van der Waals surface area (Å²) in [5.41, 5.74) is 0.314. The zero-order valence-corrected chi connectivity index (χ0v) is 17.3. The van der Waals surface area contributed by atoms with Crippen LogP contribution in [0.2, 0.25) is 0 Å². The molecule has 0 bridgehead atoms. The molecule has 0 radical (unpaired) electrons. The number of hydrogen-bond acceptors (Lipinski definition) is 5. The van der Waals surface area contributed by atoms with Crippen molar-refractivity contribution in [3.63, 3.8) is 0 Å². The molecule has 0 aliphatic heterocycles. The standard InChI is InChI=1S/C17H27N3O5S2/c1-20(15-6-4-3-5-7-15)27(24,25)16-10-8-14(9-11-16)17(21)18-12-13-19-26(2,22)23/h8-11,15,19H,3-7,12-13H2,1-2H3,(H,18,21). The molecular formula is C17H27N3O5S2. The maximum Gasteiger partial charge on any atom is 0.251 e. The first-order chi connectivity index (χ1) is 12.6. The quantitative estimate of drug-likeness (QED) is 0.611. The van der Waals surface area contributed by atoms with Gasteiger partial charge in [-0.25, -0.2) is 21.6 Å². The lowest BCUT2D eigenvalue weighted by Crippen LogP contribution is -2.38. The average Bonchev–Trinajstić information content (AvgIpc) is 2.64. The van der Waals surface area contributed by atoms with Crippen LogP contribution in [-0.2, 0) is 20.0 Å². The Kier molecular flexibility index (Phi) is 7.38. The molecule has 1 fully saturated rings. The minimum atomic E-state index is -3.59. The van der Waals surface area contributed by atoms with Gasteiger partial charge in [0.25, 0.3) is 5.91 Å². The van der Waals surface area contributed by atoms with Gasteiger partial charge in [0, 0.05) is 31.7 Å². The molecule has 1 aliphatic rings. The first kappa shape index (κ1) is 21.8. The molecule has 2 N–H and O–H groups in total. The van der Waals surface area contributed by atoms with Crippen molar-refractivity contribution in [2.45, 2.75) is 43.0 Å². The van der Waals surface area contributed by atoms with Crippen molar-refractivity contribution in [1.29, 1.82) is 0 Å². The first-order valence-corrected chi connectivity index (χ1v) is 12.3. The SMILES string of the molecule is CN(C1CCCCC1)S(=O)(=O)c1ccc(C(=O)NCCNS(C)(=O)=O)cc1. The minimum absolute atomic E-state index is 0.0223. The summed E-state index contributed by atoms with van der Waals surface area (Å²) in [6.07, 6.45) is 6.01. The Morgan fingerprint density at radius 2 is 1.63 bits per heavy atom. The van der Waals surface area contributed by atoms with Crippen LogP contribution in [0.15, 0.2) is 29.2 Å². The highest BCUT2D eigenvalue weighted by molar-refractivity contribution is 7.89.